The maximum atomic E-state index is 6.15. The molecule has 1 aromatic heterocycles. The van der Waals surface area contributed by atoms with Crippen LogP contribution in [0.3, 0.4) is 0 Å². The van der Waals surface area contributed by atoms with Gasteiger partial charge in [0.25, 0.3) is 0 Å². The number of piperidine rings is 1. The number of rotatable bonds is 3. The largest absolute Gasteiger partial charge is 0.356 e. The zero-order chi connectivity index (χ0) is 14.7. The zero-order valence-electron chi connectivity index (χ0n) is 11.5. The van der Waals surface area contributed by atoms with E-state index in [0.717, 1.165) is 24.6 Å². The van der Waals surface area contributed by atoms with Gasteiger partial charge in [0.1, 0.15) is 5.82 Å². The highest BCUT2D eigenvalue weighted by Gasteiger charge is 2.13. The molecule has 0 aliphatic carbocycles. The number of nitrogens with zero attached hydrogens (tertiary/aromatic N) is 3. The van der Waals surface area contributed by atoms with Crippen LogP contribution < -0.4 is 10.2 Å². The molecule has 1 aliphatic heterocycles. The summed E-state index contributed by atoms with van der Waals surface area (Å²) in [5.41, 5.74) is 0.747. The summed E-state index contributed by atoms with van der Waals surface area (Å²) >= 11 is 12.1. The summed E-state index contributed by atoms with van der Waals surface area (Å²) in [4.78, 5) is 11.1. The number of halogens is 2. The fourth-order valence-electron chi connectivity index (χ4n) is 2.42. The van der Waals surface area contributed by atoms with Crippen molar-refractivity contribution in [2.45, 2.75) is 19.3 Å². The first-order valence-electron chi connectivity index (χ1n) is 7.02. The third kappa shape index (κ3) is 3.57. The van der Waals surface area contributed by atoms with Gasteiger partial charge in [0.2, 0.25) is 5.95 Å². The molecule has 0 bridgehead atoms. The van der Waals surface area contributed by atoms with Gasteiger partial charge >= 0.3 is 0 Å². The van der Waals surface area contributed by atoms with Crippen molar-refractivity contribution in [1.82, 2.24) is 9.97 Å². The summed E-state index contributed by atoms with van der Waals surface area (Å²) in [6.45, 7) is 2.11. The fourth-order valence-corrected chi connectivity index (χ4v) is 2.88. The second kappa shape index (κ2) is 6.50. The summed E-state index contributed by atoms with van der Waals surface area (Å²) < 4.78 is 0. The van der Waals surface area contributed by atoms with Crippen molar-refractivity contribution in [3.8, 4) is 0 Å². The van der Waals surface area contributed by atoms with Gasteiger partial charge in [-0.05, 0) is 43.5 Å². The zero-order valence-corrected chi connectivity index (χ0v) is 13.0. The molecule has 1 aromatic carbocycles. The van der Waals surface area contributed by atoms with Crippen LogP contribution in [0.5, 0.6) is 0 Å². The monoisotopic (exact) mass is 322 g/mol. The highest BCUT2D eigenvalue weighted by Crippen LogP contribution is 2.27. The second-order valence-corrected chi connectivity index (χ2v) is 5.88. The molecule has 0 unspecified atom stereocenters. The average Bonchev–Trinajstić information content (AvgIpc) is 2.51. The molecule has 0 radical (unpaired) electrons. The molecule has 1 aliphatic rings. The van der Waals surface area contributed by atoms with Crippen LogP contribution in [-0.2, 0) is 0 Å². The molecule has 0 atom stereocenters. The Morgan fingerprint density at radius 1 is 1.05 bits per heavy atom. The average molecular weight is 323 g/mol. The van der Waals surface area contributed by atoms with Crippen molar-refractivity contribution < 1.29 is 0 Å². The molecule has 2 aromatic rings. The Labute approximate surface area is 134 Å². The van der Waals surface area contributed by atoms with E-state index >= 15 is 0 Å². The molecule has 6 heteroatoms. The van der Waals surface area contributed by atoms with Gasteiger partial charge in [-0.3, -0.25) is 0 Å². The van der Waals surface area contributed by atoms with Crippen molar-refractivity contribution >= 4 is 40.7 Å². The van der Waals surface area contributed by atoms with E-state index in [2.05, 4.69) is 20.2 Å². The predicted octanol–water partition coefficient (Wildman–Crippen LogP) is 4.52. The molecular formula is C15H16Cl2N4. The number of nitrogens with one attached hydrogen (secondary N) is 1. The van der Waals surface area contributed by atoms with Crippen LogP contribution in [0, 0.1) is 0 Å². The van der Waals surface area contributed by atoms with Crippen LogP contribution in [0.2, 0.25) is 10.0 Å². The minimum Gasteiger partial charge on any atom is -0.356 e. The molecule has 3 rings (SSSR count). The topological polar surface area (TPSA) is 41.1 Å². The molecule has 1 fully saturated rings. The summed E-state index contributed by atoms with van der Waals surface area (Å²) in [6, 6.07) is 7.24. The smallest absolute Gasteiger partial charge is 0.229 e. The predicted molar refractivity (Wildman–Crippen MR) is 87.8 cm³/mol. The second-order valence-electron chi connectivity index (χ2n) is 5.04. The molecular weight excluding hydrogens is 307 g/mol. The van der Waals surface area contributed by atoms with Crippen LogP contribution in [-0.4, -0.2) is 23.1 Å². The van der Waals surface area contributed by atoms with Gasteiger partial charge in [-0.2, -0.15) is 4.98 Å². The van der Waals surface area contributed by atoms with E-state index in [0.29, 0.717) is 16.0 Å². The fraction of sp³-hybridized carbons (Fsp3) is 0.333. The summed E-state index contributed by atoms with van der Waals surface area (Å²) in [5.74, 6) is 1.50. The quantitative estimate of drug-likeness (QED) is 0.902. The first-order valence-corrected chi connectivity index (χ1v) is 7.78. The maximum absolute atomic E-state index is 6.15. The van der Waals surface area contributed by atoms with Crippen LogP contribution in [0.25, 0.3) is 0 Å². The molecule has 0 saturated carbocycles. The van der Waals surface area contributed by atoms with Crippen LogP contribution in [0.1, 0.15) is 19.3 Å². The van der Waals surface area contributed by atoms with E-state index in [-0.39, 0.29) is 0 Å². The van der Waals surface area contributed by atoms with Crippen LogP contribution >= 0.6 is 23.2 Å². The summed E-state index contributed by atoms with van der Waals surface area (Å²) in [5, 5.41) is 4.29. The lowest BCUT2D eigenvalue weighted by molar-refractivity contribution is 0.573. The standard InChI is InChI=1S/C15H16Cl2N4/c16-11-4-5-13(12(17)10-11)19-15-18-7-6-14(20-15)21-8-2-1-3-9-21/h4-7,10H,1-3,8-9H2,(H,18,19,20). The van der Waals surface area contributed by atoms with Gasteiger partial charge in [0, 0.05) is 24.3 Å². The Kier molecular flexibility index (Phi) is 4.46. The Bertz CT molecular complexity index is 627. The number of aromatic nitrogens is 2. The first-order chi connectivity index (χ1) is 10.2. The number of anilines is 3. The minimum atomic E-state index is 0.544. The van der Waals surface area contributed by atoms with Gasteiger partial charge in [-0.25, -0.2) is 4.98 Å². The third-order valence-corrected chi connectivity index (χ3v) is 4.05. The number of hydrogen-bond acceptors (Lipinski definition) is 4. The van der Waals surface area contributed by atoms with Gasteiger partial charge < -0.3 is 10.2 Å². The number of benzene rings is 1. The Morgan fingerprint density at radius 3 is 2.62 bits per heavy atom. The Hall–Kier alpha value is -1.52. The molecule has 0 amide bonds. The van der Waals surface area contributed by atoms with E-state index in [1.54, 1.807) is 18.3 Å². The molecule has 1 saturated heterocycles. The van der Waals surface area contributed by atoms with E-state index < -0.39 is 0 Å². The highest BCUT2D eigenvalue weighted by molar-refractivity contribution is 6.36. The van der Waals surface area contributed by atoms with E-state index in [1.807, 2.05) is 12.1 Å². The van der Waals surface area contributed by atoms with E-state index in [9.17, 15) is 0 Å². The molecule has 4 nitrogen and oxygen atoms in total. The molecule has 21 heavy (non-hydrogen) atoms. The van der Waals surface area contributed by atoms with Gasteiger partial charge in [0.05, 0.1) is 10.7 Å². The Morgan fingerprint density at radius 2 is 1.86 bits per heavy atom. The normalized spacial score (nSPS) is 15.0. The third-order valence-electron chi connectivity index (χ3n) is 3.50. The maximum Gasteiger partial charge on any atom is 0.229 e. The lowest BCUT2D eigenvalue weighted by Gasteiger charge is -2.27. The lowest BCUT2D eigenvalue weighted by atomic mass is 10.1. The molecule has 2 heterocycles. The molecule has 0 spiro atoms. The van der Waals surface area contributed by atoms with Gasteiger partial charge in [-0.1, -0.05) is 23.2 Å². The van der Waals surface area contributed by atoms with Crippen LogP contribution in [0.15, 0.2) is 30.5 Å². The van der Waals surface area contributed by atoms with Crippen molar-refractivity contribution in [2.24, 2.45) is 0 Å². The lowest BCUT2D eigenvalue weighted by Crippen LogP contribution is -2.30. The van der Waals surface area contributed by atoms with Crippen molar-refractivity contribution in [1.29, 1.82) is 0 Å². The minimum absolute atomic E-state index is 0.544. The summed E-state index contributed by atoms with van der Waals surface area (Å²) in [7, 11) is 0. The highest BCUT2D eigenvalue weighted by atomic mass is 35.5. The van der Waals surface area contributed by atoms with Gasteiger partial charge in [-0.15, -0.1) is 0 Å². The summed E-state index contributed by atoms with van der Waals surface area (Å²) in [6.07, 6.45) is 5.50. The van der Waals surface area contributed by atoms with Crippen molar-refractivity contribution in [3.05, 3.63) is 40.5 Å². The number of hydrogen-bond donors (Lipinski definition) is 1. The first kappa shape index (κ1) is 14.4. The van der Waals surface area contributed by atoms with Crippen LogP contribution in [0.4, 0.5) is 17.5 Å². The van der Waals surface area contributed by atoms with Crippen molar-refractivity contribution in [2.75, 3.05) is 23.3 Å². The Balaban J connectivity index is 1.79. The van der Waals surface area contributed by atoms with E-state index in [4.69, 9.17) is 23.2 Å². The van der Waals surface area contributed by atoms with E-state index in [1.165, 1.54) is 19.3 Å². The van der Waals surface area contributed by atoms with Gasteiger partial charge in [0.15, 0.2) is 0 Å². The molecule has 1 N–H and O–H groups in total. The van der Waals surface area contributed by atoms with Crippen molar-refractivity contribution in [3.63, 3.8) is 0 Å². The SMILES string of the molecule is Clc1ccc(Nc2nccc(N3CCCCC3)n2)c(Cl)c1. The molecule has 110 valence electrons.